The van der Waals surface area contributed by atoms with Crippen LogP contribution in [0.15, 0.2) is 18.2 Å². The summed E-state index contributed by atoms with van der Waals surface area (Å²) in [4.78, 5) is 0. The molecule has 18 heavy (non-hydrogen) atoms. The maximum Gasteiger partial charge on any atom is 0.496 e. The lowest BCUT2D eigenvalue weighted by Gasteiger charge is -2.32. The van der Waals surface area contributed by atoms with E-state index in [0.29, 0.717) is 11.6 Å². The van der Waals surface area contributed by atoms with Gasteiger partial charge in [-0.15, -0.1) is 0 Å². The van der Waals surface area contributed by atoms with Crippen LogP contribution >= 0.6 is 11.6 Å². The first-order valence-corrected chi connectivity index (χ1v) is 6.49. The summed E-state index contributed by atoms with van der Waals surface area (Å²) in [6.07, 6.45) is 0. The largest absolute Gasteiger partial charge is 0.496 e. The van der Waals surface area contributed by atoms with Crippen LogP contribution in [0.3, 0.4) is 0 Å². The summed E-state index contributed by atoms with van der Waals surface area (Å²) in [5.41, 5.74) is 6.79. The molecule has 0 aliphatic carbocycles. The molecule has 0 unspecified atom stereocenters. The van der Waals surface area contributed by atoms with E-state index in [4.69, 9.17) is 26.6 Å². The van der Waals surface area contributed by atoms with Crippen molar-refractivity contribution in [2.75, 3.05) is 0 Å². The van der Waals surface area contributed by atoms with Gasteiger partial charge in [-0.05, 0) is 39.3 Å². The topological polar surface area (TPSA) is 44.5 Å². The normalized spacial score (nSPS) is 21.3. The second-order valence-corrected chi connectivity index (χ2v) is 6.06. The summed E-state index contributed by atoms with van der Waals surface area (Å²) < 4.78 is 12.0. The molecule has 0 spiro atoms. The van der Waals surface area contributed by atoms with E-state index in [1.807, 2.05) is 45.9 Å². The minimum Gasteiger partial charge on any atom is -0.399 e. The SMILES string of the molecule is CC1(C)OB(c2cc(CN)ccc2Cl)OC1(C)C. The lowest BCUT2D eigenvalue weighted by molar-refractivity contribution is 0.00578. The van der Waals surface area contributed by atoms with Gasteiger partial charge in [-0.1, -0.05) is 23.7 Å². The smallest absolute Gasteiger partial charge is 0.399 e. The Hall–Kier alpha value is -0.545. The van der Waals surface area contributed by atoms with E-state index in [1.165, 1.54) is 0 Å². The molecule has 1 aromatic carbocycles. The summed E-state index contributed by atoms with van der Waals surface area (Å²) in [7, 11) is -0.436. The third-order valence-corrected chi connectivity index (χ3v) is 4.15. The van der Waals surface area contributed by atoms with Gasteiger partial charge < -0.3 is 15.0 Å². The van der Waals surface area contributed by atoms with Gasteiger partial charge >= 0.3 is 7.12 Å². The standard InChI is InChI=1S/C13H19BClNO2/c1-12(2)13(3,4)18-14(17-12)10-7-9(8-16)5-6-11(10)15/h5-7H,8,16H2,1-4H3. The van der Waals surface area contributed by atoms with Gasteiger partial charge in [0.2, 0.25) is 0 Å². The van der Waals surface area contributed by atoms with E-state index >= 15 is 0 Å². The fraction of sp³-hybridized carbons (Fsp3) is 0.538. The van der Waals surface area contributed by atoms with Gasteiger partial charge in [-0.2, -0.15) is 0 Å². The highest BCUT2D eigenvalue weighted by molar-refractivity contribution is 6.65. The van der Waals surface area contributed by atoms with Crippen molar-refractivity contribution in [2.45, 2.75) is 45.4 Å². The van der Waals surface area contributed by atoms with Crippen molar-refractivity contribution in [3.05, 3.63) is 28.8 Å². The molecular formula is C13H19BClNO2. The van der Waals surface area contributed by atoms with Crippen molar-refractivity contribution in [2.24, 2.45) is 5.73 Å². The lowest BCUT2D eigenvalue weighted by atomic mass is 9.78. The minimum absolute atomic E-state index is 0.361. The highest BCUT2D eigenvalue weighted by atomic mass is 35.5. The van der Waals surface area contributed by atoms with Gasteiger partial charge in [-0.3, -0.25) is 0 Å². The van der Waals surface area contributed by atoms with E-state index in [1.54, 1.807) is 0 Å². The number of benzene rings is 1. The molecular weight excluding hydrogens is 248 g/mol. The Morgan fingerprint density at radius 2 is 1.72 bits per heavy atom. The lowest BCUT2D eigenvalue weighted by Crippen LogP contribution is -2.41. The molecule has 1 saturated heterocycles. The molecule has 2 rings (SSSR count). The maximum absolute atomic E-state index is 6.22. The van der Waals surface area contributed by atoms with Gasteiger partial charge in [0.05, 0.1) is 11.2 Å². The van der Waals surface area contributed by atoms with E-state index < -0.39 is 7.12 Å². The average Bonchev–Trinajstić information content (AvgIpc) is 2.48. The predicted octanol–water partition coefficient (Wildman–Crippen LogP) is 2.10. The predicted molar refractivity (Wildman–Crippen MR) is 75.1 cm³/mol. The Kier molecular flexibility index (Phi) is 3.49. The third-order valence-electron chi connectivity index (χ3n) is 3.80. The first-order chi connectivity index (χ1) is 8.27. The number of nitrogens with two attached hydrogens (primary N) is 1. The van der Waals surface area contributed by atoms with Crippen LogP contribution in [0.1, 0.15) is 33.3 Å². The molecule has 98 valence electrons. The molecule has 0 saturated carbocycles. The molecule has 0 bridgehead atoms. The van der Waals surface area contributed by atoms with E-state index in [0.717, 1.165) is 11.0 Å². The zero-order valence-corrected chi connectivity index (χ0v) is 12.0. The molecule has 0 radical (unpaired) electrons. The van der Waals surface area contributed by atoms with Gasteiger partial charge in [0.15, 0.2) is 0 Å². The molecule has 1 heterocycles. The monoisotopic (exact) mass is 267 g/mol. The maximum atomic E-state index is 6.22. The van der Waals surface area contributed by atoms with Crippen LogP contribution in [0, 0.1) is 0 Å². The van der Waals surface area contributed by atoms with Gasteiger partial charge in [0.25, 0.3) is 0 Å². The number of rotatable bonds is 2. The minimum atomic E-state index is -0.436. The van der Waals surface area contributed by atoms with Crippen molar-refractivity contribution in [3.8, 4) is 0 Å². The van der Waals surface area contributed by atoms with Crippen LogP contribution in [-0.2, 0) is 15.9 Å². The van der Waals surface area contributed by atoms with Gasteiger partial charge in [-0.25, -0.2) is 0 Å². The first-order valence-electron chi connectivity index (χ1n) is 6.11. The van der Waals surface area contributed by atoms with E-state index in [-0.39, 0.29) is 11.2 Å². The molecule has 1 aromatic rings. The molecule has 2 N–H and O–H groups in total. The summed E-state index contributed by atoms with van der Waals surface area (Å²) in [5, 5.41) is 0.644. The molecule has 0 aromatic heterocycles. The summed E-state index contributed by atoms with van der Waals surface area (Å²) in [5.74, 6) is 0. The van der Waals surface area contributed by atoms with Gasteiger partial charge in [0, 0.05) is 17.0 Å². The fourth-order valence-electron chi connectivity index (χ4n) is 1.87. The second-order valence-electron chi connectivity index (χ2n) is 5.65. The summed E-state index contributed by atoms with van der Waals surface area (Å²) in [6, 6.07) is 5.70. The van der Waals surface area contributed by atoms with E-state index in [9.17, 15) is 0 Å². The quantitative estimate of drug-likeness (QED) is 0.835. The molecule has 5 heteroatoms. The Bertz CT molecular complexity index is 446. The number of hydrogen-bond donors (Lipinski definition) is 1. The first kappa shape index (κ1) is 13.9. The van der Waals surface area contributed by atoms with Crippen LogP contribution in [0.25, 0.3) is 0 Å². The van der Waals surface area contributed by atoms with Crippen LogP contribution in [0.4, 0.5) is 0 Å². The van der Waals surface area contributed by atoms with E-state index in [2.05, 4.69) is 0 Å². The van der Waals surface area contributed by atoms with Crippen LogP contribution in [0.2, 0.25) is 5.02 Å². The molecule has 1 fully saturated rings. The molecule has 0 amide bonds. The van der Waals surface area contributed by atoms with Crippen molar-refractivity contribution in [1.82, 2.24) is 0 Å². The van der Waals surface area contributed by atoms with Crippen LogP contribution in [-0.4, -0.2) is 18.3 Å². The molecule has 1 aliphatic heterocycles. The van der Waals surface area contributed by atoms with Crippen LogP contribution < -0.4 is 11.2 Å². The van der Waals surface area contributed by atoms with Crippen molar-refractivity contribution < 1.29 is 9.31 Å². The Morgan fingerprint density at radius 3 is 2.22 bits per heavy atom. The van der Waals surface area contributed by atoms with Crippen molar-refractivity contribution in [1.29, 1.82) is 0 Å². The van der Waals surface area contributed by atoms with Crippen molar-refractivity contribution in [3.63, 3.8) is 0 Å². The Balaban J connectivity index is 2.34. The summed E-state index contributed by atoms with van der Waals surface area (Å²) >= 11 is 6.22. The van der Waals surface area contributed by atoms with Crippen LogP contribution in [0.5, 0.6) is 0 Å². The molecule has 3 nitrogen and oxygen atoms in total. The highest BCUT2D eigenvalue weighted by Gasteiger charge is 2.52. The third kappa shape index (κ3) is 2.30. The zero-order chi connectivity index (χ0) is 13.6. The zero-order valence-electron chi connectivity index (χ0n) is 11.3. The Labute approximate surface area is 114 Å². The summed E-state index contributed by atoms with van der Waals surface area (Å²) in [6.45, 7) is 8.56. The molecule has 1 aliphatic rings. The second kappa shape index (κ2) is 4.53. The fourth-order valence-corrected chi connectivity index (χ4v) is 2.08. The Morgan fingerprint density at radius 1 is 1.17 bits per heavy atom. The average molecular weight is 268 g/mol. The highest BCUT2D eigenvalue weighted by Crippen LogP contribution is 2.37. The van der Waals surface area contributed by atoms with Gasteiger partial charge in [0.1, 0.15) is 0 Å². The number of halogens is 1. The molecule has 0 atom stereocenters. The number of hydrogen-bond acceptors (Lipinski definition) is 3. The van der Waals surface area contributed by atoms with Crippen molar-refractivity contribution >= 4 is 24.2 Å².